The number of ether oxygens (including phenoxy) is 1. The summed E-state index contributed by atoms with van der Waals surface area (Å²) in [5.41, 5.74) is 10.6. The van der Waals surface area contributed by atoms with E-state index in [-0.39, 0.29) is 18.1 Å². The van der Waals surface area contributed by atoms with E-state index in [0.29, 0.717) is 18.9 Å². The van der Waals surface area contributed by atoms with Gasteiger partial charge in [0.15, 0.2) is 0 Å². The van der Waals surface area contributed by atoms with Crippen LogP contribution in [0.4, 0.5) is 0 Å². The van der Waals surface area contributed by atoms with Crippen LogP contribution in [0.25, 0.3) is 0 Å². The highest BCUT2D eigenvalue weighted by Gasteiger charge is 2.43. The first kappa shape index (κ1) is 12.8. The summed E-state index contributed by atoms with van der Waals surface area (Å²) in [6.45, 7) is 6.01. The van der Waals surface area contributed by atoms with E-state index in [1.54, 1.807) is 0 Å². The van der Waals surface area contributed by atoms with Gasteiger partial charge in [0.1, 0.15) is 0 Å². The van der Waals surface area contributed by atoms with Crippen LogP contribution in [0.1, 0.15) is 33.1 Å². The summed E-state index contributed by atoms with van der Waals surface area (Å²) in [5, 5.41) is 0. The van der Waals surface area contributed by atoms with Crippen molar-refractivity contribution < 1.29 is 9.53 Å². The van der Waals surface area contributed by atoms with Gasteiger partial charge in [-0.25, -0.2) is 0 Å². The van der Waals surface area contributed by atoms with Crippen LogP contribution in [0.5, 0.6) is 0 Å². The molecule has 0 aromatic carbocycles. The average Bonchev–Trinajstić information content (AvgIpc) is 2.61. The molecule has 2 aliphatic rings. The van der Waals surface area contributed by atoms with Gasteiger partial charge in [-0.3, -0.25) is 9.69 Å². The summed E-state index contributed by atoms with van der Waals surface area (Å²) in [7, 11) is 0. The average molecular weight is 241 g/mol. The van der Waals surface area contributed by atoms with Gasteiger partial charge in [-0.15, -0.1) is 0 Å². The van der Waals surface area contributed by atoms with Crippen LogP contribution < -0.4 is 11.5 Å². The zero-order valence-electron chi connectivity index (χ0n) is 10.7. The van der Waals surface area contributed by atoms with E-state index in [9.17, 15) is 4.79 Å². The molecule has 4 atom stereocenters. The number of primary amides is 1. The van der Waals surface area contributed by atoms with Crippen molar-refractivity contribution in [2.75, 3.05) is 13.1 Å². The lowest BCUT2D eigenvalue weighted by atomic mass is 9.98. The zero-order chi connectivity index (χ0) is 12.6. The van der Waals surface area contributed by atoms with Crippen molar-refractivity contribution in [3.8, 4) is 0 Å². The Labute approximate surface area is 102 Å². The molecule has 17 heavy (non-hydrogen) atoms. The number of nitrogens with zero attached hydrogens (tertiary/aromatic N) is 1. The molecule has 0 aromatic rings. The quantitative estimate of drug-likeness (QED) is 0.703. The van der Waals surface area contributed by atoms with Gasteiger partial charge < -0.3 is 16.2 Å². The first-order valence-corrected chi connectivity index (χ1v) is 6.39. The molecular weight excluding hydrogens is 218 g/mol. The molecule has 0 aromatic heterocycles. The van der Waals surface area contributed by atoms with Gasteiger partial charge in [0, 0.05) is 19.1 Å². The molecule has 2 rings (SSSR count). The Hall–Kier alpha value is -0.650. The normalized spacial score (nSPS) is 43.8. The van der Waals surface area contributed by atoms with E-state index in [2.05, 4.69) is 18.7 Å². The molecule has 0 radical (unpaired) electrons. The van der Waals surface area contributed by atoms with Crippen LogP contribution in [-0.2, 0) is 9.53 Å². The van der Waals surface area contributed by atoms with Gasteiger partial charge in [-0.05, 0) is 33.1 Å². The largest absolute Gasteiger partial charge is 0.373 e. The van der Waals surface area contributed by atoms with E-state index in [0.717, 1.165) is 19.5 Å². The van der Waals surface area contributed by atoms with Crippen LogP contribution in [0.15, 0.2) is 0 Å². The second-order valence-corrected chi connectivity index (χ2v) is 5.63. The lowest BCUT2D eigenvalue weighted by molar-refractivity contribution is -0.123. The molecular formula is C12H23N3O2. The van der Waals surface area contributed by atoms with E-state index in [1.807, 2.05) is 0 Å². The zero-order valence-corrected chi connectivity index (χ0v) is 10.7. The highest BCUT2D eigenvalue weighted by molar-refractivity contribution is 5.84. The smallest absolute Gasteiger partial charge is 0.237 e. The number of carbonyl (C=O) groups is 1. The third-order valence-corrected chi connectivity index (χ3v) is 3.98. The molecule has 0 spiro atoms. The highest BCUT2D eigenvalue weighted by atomic mass is 16.5. The van der Waals surface area contributed by atoms with Gasteiger partial charge in [-0.1, -0.05) is 0 Å². The molecule has 5 nitrogen and oxygen atoms in total. The second-order valence-electron chi connectivity index (χ2n) is 5.63. The fraction of sp³-hybridized carbons (Fsp3) is 0.917. The topological polar surface area (TPSA) is 81.6 Å². The molecule has 1 amide bonds. The second kappa shape index (κ2) is 4.55. The Morgan fingerprint density at radius 3 is 2.41 bits per heavy atom. The third-order valence-electron chi connectivity index (χ3n) is 3.98. The maximum absolute atomic E-state index is 11.3. The van der Waals surface area contributed by atoms with Crippen molar-refractivity contribution in [3.05, 3.63) is 0 Å². The monoisotopic (exact) mass is 241 g/mol. The van der Waals surface area contributed by atoms with Crippen LogP contribution in [-0.4, -0.2) is 47.7 Å². The number of nitrogens with two attached hydrogens (primary N) is 2. The molecule has 1 heterocycles. The maximum Gasteiger partial charge on any atom is 0.237 e. The first-order chi connectivity index (χ1) is 7.90. The van der Waals surface area contributed by atoms with Crippen LogP contribution in [0.3, 0.4) is 0 Å². The van der Waals surface area contributed by atoms with Crippen molar-refractivity contribution in [1.82, 2.24) is 4.90 Å². The molecule has 0 bridgehead atoms. The summed E-state index contributed by atoms with van der Waals surface area (Å²) >= 11 is 0. The number of hydrogen-bond donors (Lipinski definition) is 2. The van der Waals surface area contributed by atoms with Crippen molar-refractivity contribution >= 4 is 5.91 Å². The van der Waals surface area contributed by atoms with Crippen LogP contribution in [0.2, 0.25) is 0 Å². The van der Waals surface area contributed by atoms with Crippen molar-refractivity contribution in [2.45, 2.75) is 56.9 Å². The molecule has 1 aliphatic heterocycles. The highest BCUT2D eigenvalue weighted by Crippen LogP contribution is 2.32. The number of amides is 1. The van der Waals surface area contributed by atoms with Crippen molar-refractivity contribution in [3.63, 3.8) is 0 Å². The van der Waals surface area contributed by atoms with E-state index < -0.39 is 5.54 Å². The number of hydrogen-bond acceptors (Lipinski definition) is 4. The fourth-order valence-electron chi connectivity index (χ4n) is 3.10. The Balaban J connectivity index is 1.98. The standard InChI is InChI=1S/C12H23N3O2/c1-8-6-15(7-9(2)17-8)10-3-4-12(14,5-10)11(13)16/h8-10H,3-7,14H2,1-2H3,(H2,13,16)/t8-,9+,10?,12?. The predicted molar refractivity (Wildman–Crippen MR) is 65.3 cm³/mol. The van der Waals surface area contributed by atoms with Gasteiger partial charge in [0.05, 0.1) is 17.7 Å². The first-order valence-electron chi connectivity index (χ1n) is 6.39. The molecule has 5 heteroatoms. The summed E-state index contributed by atoms with van der Waals surface area (Å²) in [6, 6.07) is 0.376. The van der Waals surface area contributed by atoms with Crippen LogP contribution in [0, 0.1) is 0 Å². The van der Waals surface area contributed by atoms with Crippen molar-refractivity contribution in [1.29, 1.82) is 0 Å². The number of rotatable bonds is 2. The number of morpholine rings is 1. The van der Waals surface area contributed by atoms with E-state index in [4.69, 9.17) is 16.2 Å². The summed E-state index contributed by atoms with van der Waals surface area (Å²) in [6.07, 6.45) is 2.84. The molecule has 1 saturated carbocycles. The van der Waals surface area contributed by atoms with E-state index in [1.165, 1.54) is 0 Å². The van der Waals surface area contributed by atoms with Crippen molar-refractivity contribution in [2.24, 2.45) is 11.5 Å². The maximum atomic E-state index is 11.3. The van der Waals surface area contributed by atoms with Gasteiger partial charge in [0.25, 0.3) is 0 Å². The molecule has 1 saturated heterocycles. The molecule has 1 aliphatic carbocycles. The predicted octanol–water partition coefficient (Wildman–Crippen LogP) is -0.169. The molecule has 98 valence electrons. The van der Waals surface area contributed by atoms with E-state index >= 15 is 0 Å². The minimum Gasteiger partial charge on any atom is -0.373 e. The lowest BCUT2D eigenvalue weighted by Gasteiger charge is -2.39. The minimum atomic E-state index is -0.796. The SMILES string of the molecule is C[C@@H]1CN(C2CCC(N)(C(N)=O)C2)C[C@H](C)O1. The third kappa shape index (κ3) is 2.61. The Kier molecular flexibility index (Phi) is 3.43. The number of carbonyl (C=O) groups excluding carboxylic acids is 1. The Morgan fingerprint density at radius 2 is 1.94 bits per heavy atom. The molecule has 4 N–H and O–H groups in total. The minimum absolute atomic E-state index is 0.250. The summed E-state index contributed by atoms with van der Waals surface area (Å²) in [4.78, 5) is 13.7. The Morgan fingerprint density at radius 1 is 1.35 bits per heavy atom. The summed E-state index contributed by atoms with van der Waals surface area (Å²) in [5.74, 6) is -0.366. The Bertz CT molecular complexity index is 300. The van der Waals surface area contributed by atoms with Gasteiger partial charge in [0.2, 0.25) is 5.91 Å². The molecule has 2 fully saturated rings. The molecule has 2 unspecified atom stereocenters. The lowest BCUT2D eigenvalue weighted by Crippen LogP contribution is -2.53. The summed E-state index contributed by atoms with van der Waals surface area (Å²) < 4.78 is 5.71. The van der Waals surface area contributed by atoms with Gasteiger partial charge >= 0.3 is 0 Å². The van der Waals surface area contributed by atoms with Crippen LogP contribution >= 0.6 is 0 Å². The fourth-order valence-corrected chi connectivity index (χ4v) is 3.10. The van der Waals surface area contributed by atoms with Gasteiger partial charge in [-0.2, -0.15) is 0 Å².